The van der Waals surface area contributed by atoms with Gasteiger partial charge in [-0.05, 0) is 24.3 Å². The number of methoxy groups -OCH3 is 1. The van der Waals surface area contributed by atoms with E-state index in [0.717, 1.165) is 9.80 Å². The van der Waals surface area contributed by atoms with Crippen molar-refractivity contribution in [1.29, 1.82) is 0 Å². The topological polar surface area (TPSA) is 112 Å². The summed E-state index contributed by atoms with van der Waals surface area (Å²) in [4.78, 5) is 53.5. The van der Waals surface area contributed by atoms with Crippen molar-refractivity contribution in [1.82, 2.24) is 9.80 Å². The van der Waals surface area contributed by atoms with Gasteiger partial charge in [0.05, 0.1) is 52.8 Å². The third kappa shape index (κ3) is 10.7. The van der Waals surface area contributed by atoms with Crippen molar-refractivity contribution in [2.45, 2.75) is 84.5 Å². The van der Waals surface area contributed by atoms with E-state index in [2.05, 4.69) is 13.8 Å². The molecule has 2 aromatic carbocycles. The highest BCUT2D eigenvalue weighted by Gasteiger charge is 2.38. The Kier molecular flexibility index (Phi) is 17.0. The number of carbonyl (C=O) groups is 4. The summed E-state index contributed by atoms with van der Waals surface area (Å²) in [5.41, 5.74) is 1.19. The summed E-state index contributed by atoms with van der Waals surface area (Å²) in [6, 6.07) is 6.15. The lowest BCUT2D eigenvalue weighted by Crippen LogP contribution is -2.43. The minimum Gasteiger partial charge on any atom is -0.382 e. The Morgan fingerprint density at radius 3 is 1.21 bits per heavy atom. The van der Waals surface area contributed by atoms with Gasteiger partial charge in [-0.15, -0.1) is 0 Å². The number of benzene rings is 2. The minimum atomic E-state index is -0.479. The van der Waals surface area contributed by atoms with Crippen LogP contribution >= 0.6 is 0 Å². The number of ether oxygens (including phenoxy) is 4. The third-order valence-corrected chi connectivity index (χ3v) is 8.52. The van der Waals surface area contributed by atoms with Crippen LogP contribution in [0, 0.1) is 0 Å². The Bertz CT molecular complexity index is 1250. The van der Waals surface area contributed by atoms with E-state index < -0.39 is 23.6 Å². The maximum atomic E-state index is 13.1. The molecule has 2 aromatic rings. The van der Waals surface area contributed by atoms with Crippen molar-refractivity contribution in [3.63, 3.8) is 0 Å². The number of amides is 4. The maximum Gasteiger partial charge on any atom is 0.261 e. The smallest absolute Gasteiger partial charge is 0.261 e. The molecule has 0 N–H and O–H groups in total. The molecule has 2 aliphatic heterocycles. The first-order valence-electron chi connectivity index (χ1n) is 17.4. The predicted octanol–water partition coefficient (Wildman–Crippen LogP) is 6.68. The third-order valence-electron chi connectivity index (χ3n) is 8.52. The van der Waals surface area contributed by atoms with Gasteiger partial charge in [0, 0.05) is 47.2 Å². The van der Waals surface area contributed by atoms with Crippen molar-refractivity contribution < 1.29 is 38.1 Å². The van der Waals surface area contributed by atoms with E-state index in [9.17, 15) is 19.2 Å². The highest BCUT2D eigenvalue weighted by molar-refractivity contribution is 6.33. The molecule has 0 spiro atoms. The van der Waals surface area contributed by atoms with Crippen molar-refractivity contribution in [2.24, 2.45) is 0 Å². The Balaban J connectivity index is 0.000000392. The molecule has 0 radical (unpaired) electrons. The van der Waals surface area contributed by atoms with Crippen LogP contribution in [0.15, 0.2) is 24.3 Å². The summed E-state index contributed by atoms with van der Waals surface area (Å²) < 4.78 is 21.1. The normalized spacial score (nSPS) is 13.9. The van der Waals surface area contributed by atoms with Crippen molar-refractivity contribution >= 4 is 34.4 Å². The van der Waals surface area contributed by atoms with Crippen LogP contribution in [0.4, 0.5) is 0 Å². The lowest BCUT2D eigenvalue weighted by molar-refractivity contribution is 0.00148. The summed E-state index contributed by atoms with van der Waals surface area (Å²) >= 11 is 0. The maximum absolute atomic E-state index is 13.1. The molecule has 10 nitrogen and oxygen atoms in total. The molecule has 0 fully saturated rings. The number of carbonyl (C=O) groups excluding carboxylic acids is 4. The van der Waals surface area contributed by atoms with E-state index in [4.69, 9.17) is 18.9 Å². The van der Waals surface area contributed by atoms with Crippen LogP contribution in [-0.2, 0) is 18.9 Å². The Labute approximate surface area is 280 Å². The molecule has 47 heavy (non-hydrogen) atoms. The summed E-state index contributed by atoms with van der Waals surface area (Å²) in [6.07, 6.45) is 15.9. The molecule has 10 heteroatoms. The number of rotatable bonds is 22. The molecule has 2 heterocycles. The SMILES string of the molecule is CCCCCCCCCCCCC.COCCOCCOCCOCCN1C(=O)c2ccc3c4c(ccc(c24)C1=O)C(=O)N(C)C3=O. The molecule has 4 amide bonds. The van der Waals surface area contributed by atoms with E-state index in [1.165, 1.54) is 102 Å². The van der Waals surface area contributed by atoms with Gasteiger partial charge < -0.3 is 18.9 Å². The van der Waals surface area contributed by atoms with Gasteiger partial charge >= 0.3 is 0 Å². The summed E-state index contributed by atoms with van der Waals surface area (Å²) in [5.74, 6) is -1.87. The fraction of sp³-hybridized carbons (Fsp3) is 0.622. The molecular formula is C37H54N2O8. The summed E-state index contributed by atoms with van der Waals surface area (Å²) in [6.45, 7) is 7.40. The molecule has 0 saturated carbocycles. The highest BCUT2D eigenvalue weighted by atomic mass is 16.6. The number of unbranched alkanes of at least 4 members (excludes halogenated alkanes) is 10. The number of hydrogen-bond donors (Lipinski definition) is 0. The highest BCUT2D eigenvalue weighted by Crippen LogP contribution is 2.37. The Morgan fingerprint density at radius 1 is 0.489 bits per heavy atom. The van der Waals surface area contributed by atoms with Gasteiger partial charge in [0.25, 0.3) is 23.6 Å². The van der Waals surface area contributed by atoms with E-state index in [1.54, 1.807) is 7.11 Å². The van der Waals surface area contributed by atoms with Crippen LogP contribution in [0.3, 0.4) is 0 Å². The van der Waals surface area contributed by atoms with Crippen molar-refractivity contribution in [3.8, 4) is 0 Å². The summed E-state index contributed by atoms with van der Waals surface area (Å²) in [7, 11) is 3.02. The number of hydrogen-bond acceptors (Lipinski definition) is 8. The Hall–Kier alpha value is -3.18. The predicted molar refractivity (Wildman–Crippen MR) is 182 cm³/mol. The second kappa shape index (κ2) is 20.9. The molecule has 0 aliphatic carbocycles. The lowest BCUT2D eigenvalue weighted by Gasteiger charge is -2.30. The van der Waals surface area contributed by atoms with Gasteiger partial charge in [0.15, 0.2) is 0 Å². The molecule has 2 aliphatic rings. The van der Waals surface area contributed by atoms with Crippen LogP contribution in [0.2, 0.25) is 0 Å². The lowest BCUT2D eigenvalue weighted by atomic mass is 9.86. The van der Waals surface area contributed by atoms with Gasteiger partial charge in [-0.1, -0.05) is 84.5 Å². The van der Waals surface area contributed by atoms with Crippen LogP contribution in [0.1, 0.15) is 126 Å². The Morgan fingerprint density at radius 2 is 0.830 bits per heavy atom. The minimum absolute atomic E-state index is 0.0723. The number of imide groups is 2. The van der Waals surface area contributed by atoms with E-state index in [1.807, 2.05) is 0 Å². The summed E-state index contributed by atoms with van der Waals surface area (Å²) in [5, 5.41) is 0.724. The molecule has 260 valence electrons. The molecule has 0 bridgehead atoms. The second-order valence-corrected chi connectivity index (χ2v) is 12.0. The zero-order valence-electron chi connectivity index (χ0n) is 28.9. The zero-order valence-corrected chi connectivity index (χ0v) is 28.9. The van der Waals surface area contributed by atoms with Crippen molar-refractivity contribution in [3.05, 3.63) is 46.5 Å². The van der Waals surface area contributed by atoms with Gasteiger partial charge in [0.1, 0.15) is 0 Å². The van der Waals surface area contributed by atoms with E-state index in [0.29, 0.717) is 61.5 Å². The number of nitrogens with zero attached hydrogens (tertiary/aromatic N) is 2. The van der Waals surface area contributed by atoms with Gasteiger partial charge in [-0.3, -0.25) is 29.0 Å². The molecule has 4 rings (SSSR count). The quantitative estimate of drug-likeness (QED) is 0.102. The van der Waals surface area contributed by atoms with Crippen LogP contribution < -0.4 is 0 Å². The second-order valence-electron chi connectivity index (χ2n) is 12.0. The van der Waals surface area contributed by atoms with Crippen LogP contribution in [0.25, 0.3) is 10.8 Å². The van der Waals surface area contributed by atoms with Crippen molar-refractivity contribution in [2.75, 3.05) is 67.0 Å². The van der Waals surface area contributed by atoms with Gasteiger partial charge in [0.2, 0.25) is 0 Å². The first kappa shape index (κ1) is 38.3. The monoisotopic (exact) mass is 654 g/mol. The standard InChI is InChI=1S/C24H26N2O8.C13H28/c1-25-21(27)15-3-5-17-20-18(6-4-16(19(15)20)22(25)28)24(30)26(23(17)29)7-8-32-11-12-34-14-13-33-10-9-31-2;1-3-5-7-9-11-13-12-10-8-6-4-2/h3-6H,7-14H2,1-2H3;3-13H2,1-2H3. The first-order chi connectivity index (χ1) is 22.9. The zero-order chi connectivity index (χ0) is 34.0. The van der Waals surface area contributed by atoms with E-state index >= 15 is 0 Å². The fourth-order valence-electron chi connectivity index (χ4n) is 5.83. The average molecular weight is 655 g/mol. The molecule has 0 saturated heterocycles. The molecule has 0 aromatic heterocycles. The fourth-order valence-corrected chi connectivity index (χ4v) is 5.83. The average Bonchev–Trinajstić information content (AvgIpc) is 3.08. The van der Waals surface area contributed by atoms with Crippen LogP contribution in [0.5, 0.6) is 0 Å². The first-order valence-corrected chi connectivity index (χ1v) is 17.4. The van der Waals surface area contributed by atoms with Gasteiger partial charge in [-0.2, -0.15) is 0 Å². The molecule has 0 atom stereocenters. The largest absolute Gasteiger partial charge is 0.382 e. The molecular weight excluding hydrogens is 600 g/mol. The molecule has 0 unspecified atom stereocenters. The van der Waals surface area contributed by atoms with Gasteiger partial charge in [-0.25, -0.2) is 0 Å². The van der Waals surface area contributed by atoms with E-state index in [-0.39, 0.29) is 24.3 Å². The van der Waals surface area contributed by atoms with Crippen LogP contribution in [-0.4, -0.2) is 100 Å².